The standard InChI is InChI=1S/C10H19NO2/c1-5-7-11-9(8(3)4)10(12)13-6-2/h9,11H,3,5-7H2,1-2,4H3. The fourth-order valence-electron chi connectivity index (χ4n) is 0.973. The van der Waals surface area contributed by atoms with Gasteiger partial charge in [-0.2, -0.15) is 0 Å². The Morgan fingerprint density at radius 1 is 1.54 bits per heavy atom. The van der Waals surface area contributed by atoms with Gasteiger partial charge in [-0.15, -0.1) is 0 Å². The number of hydrogen-bond acceptors (Lipinski definition) is 3. The molecule has 0 amide bonds. The Morgan fingerprint density at radius 2 is 2.15 bits per heavy atom. The third kappa shape index (κ3) is 4.68. The van der Waals surface area contributed by atoms with Crippen LogP contribution in [0, 0.1) is 0 Å². The monoisotopic (exact) mass is 185 g/mol. The van der Waals surface area contributed by atoms with Crippen molar-refractivity contribution in [1.82, 2.24) is 5.32 Å². The molecular weight excluding hydrogens is 166 g/mol. The zero-order valence-electron chi connectivity index (χ0n) is 8.72. The van der Waals surface area contributed by atoms with Crippen molar-refractivity contribution in [2.24, 2.45) is 0 Å². The third-order valence-electron chi connectivity index (χ3n) is 1.61. The Bertz CT molecular complexity index is 178. The smallest absolute Gasteiger partial charge is 0.327 e. The minimum absolute atomic E-state index is 0.233. The molecule has 1 atom stereocenters. The lowest BCUT2D eigenvalue weighted by Gasteiger charge is -2.16. The fraction of sp³-hybridized carbons (Fsp3) is 0.700. The number of carbonyl (C=O) groups is 1. The number of esters is 1. The van der Waals surface area contributed by atoms with Crippen LogP contribution in [0.25, 0.3) is 0 Å². The molecule has 0 rings (SSSR count). The maximum Gasteiger partial charge on any atom is 0.327 e. The molecule has 0 fully saturated rings. The largest absolute Gasteiger partial charge is 0.465 e. The molecule has 3 heteroatoms. The first-order valence-corrected chi connectivity index (χ1v) is 4.68. The molecule has 13 heavy (non-hydrogen) atoms. The van der Waals surface area contributed by atoms with E-state index in [-0.39, 0.29) is 12.0 Å². The maximum atomic E-state index is 11.3. The number of nitrogens with one attached hydrogen (secondary N) is 1. The number of rotatable bonds is 6. The molecule has 0 aliphatic rings. The predicted molar refractivity (Wildman–Crippen MR) is 53.5 cm³/mol. The van der Waals surface area contributed by atoms with Gasteiger partial charge >= 0.3 is 5.97 Å². The van der Waals surface area contributed by atoms with Crippen LogP contribution in [-0.2, 0) is 9.53 Å². The van der Waals surface area contributed by atoms with E-state index >= 15 is 0 Å². The van der Waals surface area contributed by atoms with E-state index in [1.165, 1.54) is 0 Å². The van der Waals surface area contributed by atoms with Gasteiger partial charge in [-0.25, -0.2) is 4.79 Å². The van der Waals surface area contributed by atoms with Crippen molar-refractivity contribution in [3.8, 4) is 0 Å². The fourth-order valence-corrected chi connectivity index (χ4v) is 0.973. The Hall–Kier alpha value is -0.830. The topological polar surface area (TPSA) is 38.3 Å². The molecule has 0 saturated carbocycles. The summed E-state index contributed by atoms with van der Waals surface area (Å²) in [4.78, 5) is 11.3. The summed E-state index contributed by atoms with van der Waals surface area (Å²) in [5.41, 5.74) is 0.798. The summed E-state index contributed by atoms with van der Waals surface area (Å²) < 4.78 is 4.90. The van der Waals surface area contributed by atoms with Gasteiger partial charge in [0.1, 0.15) is 6.04 Å². The summed E-state index contributed by atoms with van der Waals surface area (Å²) in [6, 6.07) is -0.347. The Morgan fingerprint density at radius 3 is 2.54 bits per heavy atom. The van der Waals surface area contributed by atoms with Crippen LogP contribution in [0.3, 0.4) is 0 Å². The van der Waals surface area contributed by atoms with E-state index in [0.29, 0.717) is 6.61 Å². The van der Waals surface area contributed by atoms with E-state index in [4.69, 9.17) is 4.74 Å². The van der Waals surface area contributed by atoms with Crippen molar-refractivity contribution >= 4 is 5.97 Å². The van der Waals surface area contributed by atoms with Crippen molar-refractivity contribution in [2.45, 2.75) is 33.2 Å². The second-order valence-electron chi connectivity index (χ2n) is 2.99. The normalized spacial score (nSPS) is 12.2. The first-order chi connectivity index (χ1) is 6.13. The average molecular weight is 185 g/mol. The van der Waals surface area contributed by atoms with Gasteiger partial charge in [-0.05, 0) is 26.8 Å². The van der Waals surface area contributed by atoms with Gasteiger partial charge in [0.15, 0.2) is 0 Å². The zero-order chi connectivity index (χ0) is 10.3. The van der Waals surface area contributed by atoms with Gasteiger partial charge < -0.3 is 10.1 Å². The van der Waals surface area contributed by atoms with E-state index in [9.17, 15) is 4.79 Å². The van der Waals surface area contributed by atoms with E-state index in [2.05, 4.69) is 11.9 Å². The van der Waals surface area contributed by atoms with E-state index in [1.807, 2.05) is 13.8 Å². The van der Waals surface area contributed by atoms with Gasteiger partial charge in [0.05, 0.1) is 6.61 Å². The van der Waals surface area contributed by atoms with Gasteiger partial charge in [0.25, 0.3) is 0 Å². The van der Waals surface area contributed by atoms with Crippen LogP contribution in [0.5, 0.6) is 0 Å². The predicted octanol–water partition coefficient (Wildman–Crippen LogP) is 1.49. The third-order valence-corrected chi connectivity index (χ3v) is 1.61. The van der Waals surface area contributed by atoms with E-state index in [1.54, 1.807) is 6.92 Å². The lowest BCUT2D eigenvalue weighted by Crippen LogP contribution is -2.39. The number of hydrogen-bond donors (Lipinski definition) is 1. The Kier molecular flexibility index (Phi) is 6.24. The first-order valence-electron chi connectivity index (χ1n) is 4.68. The lowest BCUT2D eigenvalue weighted by molar-refractivity contribution is -0.144. The van der Waals surface area contributed by atoms with Crippen molar-refractivity contribution < 1.29 is 9.53 Å². The molecule has 3 nitrogen and oxygen atoms in total. The minimum Gasteiger partial charge on any atom is -0.465 e. The Labute approximate surface area is 80.2 Å². The molecule has 0 aromatic carbocycles. The van der Waals surface area contributed by atoms with Crippen molar-refractivity contribution in [3.05, 3.63) is 12.2 Å². The summed E-state index contributed by atoms with van der Waals surface area (Å²) in [6.45, 7) is 10.6. The van der Waals surface area contributed by atoms with Gasteiger partial charge in [-0.3, -0.25) is 0 Å². The first kappa shape index (κ1) is 12.2. The van der Waals surface area contributed by atoms with Crippen molar-refractivity contribution in [1.29, 1.82) is 0 Å². The molecule has 1 unspecified atom stereocenters. The molecule has 0 aromatic heterocycles. The molecule has 0 heterocycles. The average Bonchev–Trinajstić information content (AvgIpc) is 2.05. The second kappa shape index (κ2) is 6.66. The van der Waals surface area contributed by atoms with E-state index in [0.717, 1.165) is 18.5 Å². The number of ether oxygens (including phenoxy) is 1. The Balaban J connectivity index is 4.07. The van der Waals surface area contributed by atoms with Gasteiger partial charge in [-0.1, -0.05) is 19.1 Å². The summed E-state index contributed by atoms with van der Waals surface area (Å²) >= 11 is 0. The maximum absolute atomic E-state index is 11.3. The van der Waals surface area contributed by atoms with Crippen LogP contribution >= 0.6 is 0 Å². The SMILES string of the molecule is C=C(C)C(NCCC)C(=O)OCC. The van der Waals surface area contributed by atoms with Gasteiger partial charge in [0.2, 0.25) is 0 Å². The lowest BCUT2D eigenvalue weighted by atomic mass is 10.1. The van der Waals surface area contributed by atoms with Crippen molar-refractivity contribution in [3.63, 3.8) is 0 Å². The minimum atomic E-state index is -0.347. The van der Waals surface area contributed by atoms with Crippen LogP contribution in [0.15, 0.2) is 12.2 Å². The van der Waals surface area contributed by atoms with Crippen LogP contribution < -0.4 is 5.32 Å². The highest BCUT2D eigenvalue weighted by atomic mass is 16.5. The molecule has 0 bridgehead atoms. The zero-order valence-corrected chi connectivity index (χ0v) is 8.72. The summed E-state index contributed by atoms with van der Waals surface area (Å²) in [5.74, 6) is -0.233. The van der Waals surface area contributed by atoms with Crippen LogP contribution in [0.1, 0.15) is 27.2 Å². The van der Waals surface area contributed by atoms with Crippen LogP contribution in [0.4, 0.5) is 0 Å². The molecule has 0 aliphatic carbocycles. The molecule has 1 N–H and O–H groups in total. The highest BCUT2D eigenvalue weighted by molar-refractivity contribution is 5.79. The molecular formula is C10H19NO2. The summed E-state index contributed by atoms with van der Waals surface area (Å²) in [5, 5.41) is 3.08. The molecule has 76 valence electrons. The quantitative estimate of drug-likeness (QED) is 0.503. The van der Waals surface area contributed by atoms with Crippen LogP contribution in [-0.4, -0.2) is 25.2 Å². The molecule has 0 aliphatic heterocycles. The highest BCUT2D eigenvalue weighted by Gasteiger charge is 2.18. The van der Waals surface area contributed by atoms with E-state index < -0.39 is 0 Å². The molecule has 0 spiro atoms. The highest BCUT2D eigenvalue weighted by Crippen LogP contribution is 2.00. The van der Waals surface area contributed by atoms with Gasteiger partial charge in [0, 0.05) is 0 Å². The molecule has 0 radical (unpaired) electrons. The van der Waals surface area contributed by atoms with Crippen molar-refractivity contribution in [2.75, 3.05) is 13.2 Å². The summed E-state index contributed by atoms with van der Waals surface area (Å²) in [6.07, 6.45) is 0.989. The second-order valence-corrected chi connectivity index (χ2v) is 2.99. The number of carbonyl (C=O) groups excluding carboxylic acids is 1. The molecule has 0 aromatic rings. The molecule has 0 saturated heterocycles. The van der Waals surface area contributed by atoms with Crippen LogP contribution in [0.2, 0.25) is 0 Å². The summed E-state index contributed by atoms with van der Waals surface area (Å²) in [7, 11) is 0.